The smallest absolute Gasteiger partial charge is 0.256 e. The molecule has 0 bridgehead atoms. The van der Waals surface area contributed by atoms with Crippen LogP contribution in [0.1, 0.15) is 71.9 Å². The van der Waals surface area contributed by atoms with Gasteiger partial charge in [-0.1, -0.05) is 74.9 Å². The van der Waals surface area contributed by atoms with E-state index in [1.165, 1.54) is 16.7 Å². The molecule has 1 aliphatic rings. The molecule has 162 valence electrons. The second-order valence-corrected chi connectivity index (χ2v) is 8.86. The topological polar surface area (TPSA) is 59.0 Å². The summed E-state index contributed by atoms with van der Waals surface area (Å²) in [7, 11) is 0. The Kier molecular flexibility index (Phi) is 6.12. The Morgan fingerprint density at radius 3 is 2.45 bits per heavy atom. The van der Waals surface area contributed by atoms with Crippen LogP contribution in [-0.4, -0.2) is 15.7 Å². The number of carbonyl (C=O) groups is 1. The molecule has 2 heterocycles. The quantitative estimate of drug-likeness (QED) is 0.563. The van der Waals surface area contributed by atoms with E-state index in [-0.39, 0.29) is 18.0 Å². The van der Waals surface area contributed by atoms with Gasteiger partial charge in [-0.15, -0.1) is 0 Å². The number of aryl methyl sites for hydroxylation is 2. The number of fused-ring (bicyclic) bond motifs is 1. The van der Waals surface area contributed by atoms with Crippen LogP contribution in [0.4, 0.5) is 5.82 Å². The van der Waals surface area contributed by atoms with Gasteiger partial charge in [0.2, 0.25) is 0 Å². The largest absolute Gasteiger partial charge is 0.363 e. The highest BCUT2D eigenvalue weighted by atomic mass is 16.1. The summed E-state index contributed by atoms with van der Waals surface area (Å²) in [5.74, 6) is 1.14. The molecule has 1 aromatic heterocycles. The molecule has 0 saturated heterocycles. The van der Waals surface area contributed by atoms with Crippen molar-refractivity contribution in [1.29, 1.82) is 0 Å². The summed E-state index contributed by atoms with van der Waals surface area (Å²) < 4.78 is 2.00. The average molecular weight is 417 g/mol. The second-order valence-electron chi connectivity index (χ2n) is 8.86. The third-order valence-electron chi connectivity index (χ3n) is 6.28. The normalized spacial score (nSPS) is 17.8. The maximum atomic E-state index is 13.0. The summed E-state index contributed by atoms with van der Waals surface area (Å²) in [6.45, 7) is 9.16. The van der Waals surface area contributed by atoms with Crippen LogP contribution in [0.5, 0.6) is 0 Å². The van der Waals surface area contributed by atoms with Crippen molar-refractivity contribution in [1.82, 2.24) is 15.1 Å². The number of benzene rings is 2. The summed E-state index contributed by atoms with van der Waals surface area (Å²) >= 11 is 0. The minimum atomic E-state index is -0.0983. The van der Waals surface area contributed by atoms with Crippen LogP contribution < -0.4 is 10.6 Å². The molecule has 0 unspecified atom stereocenters. The maximum Gasteiger partial charge on any atom is 0.256 e. The first-order valence-corrected chi connectivity index (χ1v) is 11.2. The van der Waals surface area contributed by atoms with Gasteiger partial charge >= 0.3 is 0 Å². The highest BCUT2D eigenvalue weighted by Gasteiger charge is 2.33. The molecule has 1 amide bonds. The van der Waals surface area contributed by atoms with E-state index in [2.05, 4.69) is 79.8 Å². The predicted molar refractivity (Wildman–Crippen MR) is 125 cm³/mol. The fourth-order valence-corrected chi connectivity index (χ4v) is 4.23. The molecule has 0 fully saturated rings. The zero-order valence-electron chi connectivity index (χ0n) is 18.9. The molecule has 0 aliphatic carbocycles. The number of amides is 1. The maximum absolute atomic E-state index is 13.0. The van der Waals surface area contributed by atoms with E-state index in [1.54, 1.807) is 6.20 Å². The van der Waals surface area contributed by atoms with Crippen molar-refractivity contribution in [3.8, 4) is 0 Å². The highest BCUT2D eigenvalue weighted by Crippen LogP contribution is 2.39. The molecular weight excluding hydrogens is 384 g/mol. The molecule has 31 heavy (non-hydrogen) atoms. The number of rotatable bonds is 6. The van der Waals surface area contributed by atoms with Crippen molar-refractivity contribution in [2.75, 3.05) is 5.32 Å². The lowest BCUT2D eigenvalue weighted by Gasteiger charge is -2.35. The van der Waals surface area contributed by atoms with E-state index in [0.29, 0.717) is 18.0 Å². The fraction of sp³-hybridized carbons (Fsp3) is 0.385. The first-order valence-electron chi connectivity index (χ1n) is 11.2. The van der Waals surface area contributed by atoms with Crippen LogP contribution in [-0.2, 0) is 13.0 Å². The zero-order valence-corrected chi connectivity index (χ0v) is 18.9. The Balaban J connectivity index is 1.56. The number of nitrogens with zero attached hydrogens (tertiary/aromatic N) is 2. The van der Waals surface area contributed by atoms with Crippen LogP contribution >= 0.6 is 0 Å². The Morgan fingerprint density at radius 1 is 1.13 bits per heavy atom. The monoisotopic (exact) mass is 416 g/mol. The molecular formula is C26H32N4O. The molecule has 4 rings (SSSR count). The van der Waals surface area contributed by atoms with Crippen molar-refractivity contribution in [3.05, 3.63) is 82.5 Å². The van der Waals surface area contributed by atoms with Crippen molar-refractivity contribution in [2.45, 2.75) is 59.2 Å². The van der Waals surface area contributed by atoms with Crippen LogP contribution in [0.15, 0.2) is 54.7 Å². The van der Waals surface area contributed by atoms with Crippen LogP contribution in [0.2, 0.25) is 0 Å². The van der Waals surface area contributed by atoms with Gasteiger partial charge in [-0.05, 0) is 42.4 Å². The van der Waals surface area contributed by atoms with Crippen LogP contribution in [0.25, 0.3) is 0 Å². The third kappa shape index (κ3) is 4.50. The SMILES string of the molecule is CCc1ccc([C@H]2C[C@@H](C(C)C)n3ncc(C(=O)NCc4ccc(C)cc4)c3N2)cc1. The number of hydrogen-bond acceptors (Lipinski definition) is 3. The summed E-state index contributed by atoms with van der Waals surface area (Å²) in [5, 5.41) is 11.3. The number of nitrogens with one attached hydrogen (secondary N) is 2. The summed E-state index contributed by atoms with van der Waals surface area (Å²) in [6, 6.07) is 17.4. The molecule has 3 aromatic rings. The van der Waals surface area contributed by atoms with E-state index in [9.17, 15) is 4.79 Å². The Hall–Kier alpha value is -3.08. The number of aromatic nitrogens is 2. The molecule has 2 N–H and O–H groups in total. The molecule has 0 radical (unpaired) electrons. The Labute approximate surface area is 184 Å². The lowest BCUT2D eigenvalue weighted by Crippen LogP contribution is -2.31. The average Bonchev–Trinajstić information content (AvgIpc) is 3.22. The van der Waals surface area contributed by atoms with E-state index in [0.717, 1.165) is 24.2 Å². The summed E-state index contributed by atoms with van der Waals surface area (Å²) in [4.78, 5) is 13.0. The van der Waals surface area contributed by atoms with Crippen molar-refractivity contribution < 1.29 is 4.79 Å². The summed E-state index contributed by atoms with van der Waals surface area (Å²) in [6.07, 6.45) is 3.68. The Bertz CT molecular complexity index is 1030. The number of anilines is 1. The van der Waals surface area contributed by atoms with Gasteiger partial charge in [0.15, 0.2) is 0 Å². The highest BCUT2D eigenvalue weighted by molar-refractivity contribution is 5.98. The molecule has 5 heteroatoms. The van der Waals surface area contributed by atoms with Gasteiger partial charge in [0.05, 0.1) is 18.3 Å². The van der Waals surface area contributed by atoms with Crippen LogP contribution in [0, 0.1) is 12.8 Å². The lowest BCUT2D eigenvalue weighted by molar-refractivity contribution is 0.0951. The van der Waals surface area contributed by atoms with Crippen molar-refractivity contribution in [2.24, 2.45) is 5.92 Å². The second kappa shape index (κ2) is 8.96. The molecule has 0 spiro atoms. The molecule has 2 atom stereocenters. The zero-order chi connectivity index (χ0) is 22.0. The van der Waals surface area contributed by atoms with Gasteiger partial charge in [-0.2, -0.15) is 5.10 Å². The van der Waals surface area contributed by atoms with Crippen molar-refractivity contribution in [3.63, 3.8) is 0 Å². The molecule has 2 aromatic carbocycles. The van der Waals surface area contributed by atoms with Crippen LogP contribution in [0.3, 0.4) is 0 Å². The molecule has 5 nitrogen and oxygen atoms in total. The molecule has 1 aliphatic heterocycles. The Morgan fingerprint density at radius 2 is 1.81 bits per heavy atom. The first-order chi connectivity index (χ1) is 15.0. The standard InChI is InChI=1S/C26H32N4O/c1-5-19-10-12-21(13-11-19)23-14-24(17(2)3)30-25(29-23)22(16-28-30)26(31)27-15-20-8-6-18(4)7-9-20/h6-13,16-17,23-24,29H,5,14-15H2,1-4H3,(H,27,31)/t23-,24+/m1/s1. The predicted octanol–water partition coefficient (Wildman–Crippen LogP) is 5.44. The lowest BCUT2D eigenvalue weighted by atomic mass is 9.90. The summed E-state index contributed by atoms with van der Waals surface area (Å²) in [5.41, 5.74) is 5.49. The third-order valence-corrected chi connectivity index (χ3v) is 6.28. The minimum Gasteiger partial charge on any atom is -0.363 e. The van der Waals surface area contributed by atoms with E-state index in [1.807, 2.05) is 16.8 Å². The van der Waals surface area contributed by atoms with Crippen molar-refractivity contribution >= 4 is 11.7 Å². The number of hydrogen-bond donors (Lipinski definition) is 2. The van der Waals surface area contributed by atoms with E-state index >= 15 is 0 Å². The van der Waals surface area contributed by atoms with E-state index < -0.39 is 0 Å². The van der Waals surface area contributed by atoms with E-state index in [4.69, 9.17) is 0 Å². The van der Waals surface area contributed by atoms with Gasteiger partial charge in [0, 0.05) is 6.54 Å². The first kappa shape index (κ1) is 21.2. The van der Waals surface area contributed by atoms with Gasteiger partial charge < -0.3 is 10.6 Å². The minimum absolute atomic E-state index is 0.0983. The van der Waals surface area contributed by atoms with Gasteiger partial charge in [-0.25, -0.2) is 4.68 Å². The number of carbonyl (C=O) groups excluding carboxylic acids is 1. The fourth-order valence-electron chi connectivity index (χ4n) is 4.23. The van der Waals surface area contributed by atoms with Gasteiger partial charge in [0.1, 0.15) is 11.4 Å². The van der Waals surface area contributed by atoms with Gasteiger partial charge in [0.25, 0.3) is 5.91 Å². The van der Waals surface area contributed by atoms with Gasteiger partial charge in [-0.3, -0.25) is 4.79 Å². The molecule has 0 saturated carbocycles.